The average molecular weight is 555 g/mol. The summed E-state index contributed by atoms with van der Waals surface area (Å²) in [4.78, 5) is 27.3. The summed E-state index contributed by atoms with van der Waals surface area (Å²) in [6, 6.07) is 22.2. The van der Waals surface area contributed by atoms with Crippen LogP contribution in [0.2, 0.25) is 0 Å². The fraction of sp³-hybridized carbons (Fsp3) is 0.222. The number of hydrogen-bond acceptors (Lipinski definition) is 4. The van der Waals surface area contributed by atoms with Crippen molar-refractivity contribution in [3.8, 4) is 5.75 Å². The van der Waals surface area contributed by atoms with Gasteiger partial charge < -0.3 is 15.0 Å². The van der Waals surface area contributed by atoms with Crippen molar-refractivity contribution in [3.63, 3.8) is 0 Å². The van der Waals surface area contributed by atoms with Gasteiger partial charge in [-0.05, 0) is 84.3 Å². The Bertz CT molecular complexity index is 1200. The molecule has 0 atom stereocenters. The van der Waals surface area contributed by atoms with E-state index in [1.165, 1.54) is 0 Å². The Morgan fingerprint density at radius 1 is 1.00 bits per heavy atom. The summed E-state index contributed by atoms with van der Waals surface area (Å²) in [6.07, 6.45) is 0.748. The molecule has 182 valence electrons. The number of nitrogens with zero attached hydrogens (tertiary/aromatic N) is 1. The molecule has 2 amide bonds. The molecule has 0 fully saturated rings. The second-order valence-corrected chi connectivity index (χ2v) is 9.38. The number of anilines is 1. The molecular weight excluding hydrogens is 526 g/mol. The van der Waals surface area contributed by atoms with Crippen molar-refractivity contribution in [3.05, 3.63) is 94.0 Å². The van der Waals surface area contributed by atoms with E-state index in [-0.39, 0.29) is 23.0 Å². The third kappa shape index (κ3) is 7.37. The number of rotatable bonds is 8. The van der Waals surface area contributed by atoms with Crippen LogP contribution in [0.3, 0.4) is 0 Å². The van der Waals surface area contributed by atoms with Gasteiger partial charge in [-0.1, -0.05) is 42.5 Å². The van der Waals surface area contributed by atoms with Crippen LogP contribution >= 0.6 is 28.1 Å². The zero-order valence-corrected chi connectivity index (χ0v) is 22.3. The summed E-state index contributed by atoms with van der Waals surface area (Å²) in [5.74, 6) is 0.0917. The van der Waals surface area contributed by atoms with E-state index >= 15 is 0 Å². The van der Waals surface area contributed by atoms with Crippen LogP contribution in [0.5, 0.6) is 5.75 Å². The number of para-hydroxylation sites is 1. The Morgan fingerprint density at radius 3 is 2.37 bits per heavy atom. The van der Waals surface area contributed by atoms with E-state index in [4.69, 9.17) is 17.0 Å². The molecule has 0 aromatic heterocycles. The van der Waals surface area contributed by atoms with E-state index in [9.17, 15) is 9.59 Å². The summed E-state index contributed by atoms with van der Waals surface area (Å²) in [5, 5.41) is 5.88. The van der Waals surface area contributed by atoms with Gasteiger partial charge in [-0.2, -0.15) is 0 Å². The van der Waals surface area contributed by atoms with Crippen molar-refractivity contribution >= 4 is 50.8 Å². The van der Waals surface area contributed by atoms with Crippen molar-refractivity contribution in [2.75, 3.05) is 18.5 Å². The zero-order chi connectivity index (χ0) is 25.4. The maximum atomic E-state index is 12.9. The maximum absolute atomic E-state index is 12.9. The molecular formula is C27H28BrN3O3S. The van der Waals surface area contributed by atoms with Crippen LogP contribution in [0.15, 0.2) is 77.3 Å². The minimum absolute atomic E-state index is 0.0165. The molecule has 6 nitrogen and oxygen atoms in total. The Kier molecular flexibility index (Phi) is 9.39. The molecule has 0 radical (unpaired) electrons. The van der Waals surface area contributed by atoms with Crippen molar-refractivity contribution < 1.29 is 14.3 Å². The van der Waals surface area contributed by atoms with Gasteiger partial charge in [-0.15, -0.1) is 0 Å². The largest absolute Gasteiger partial charge is 0.490 e. The summed E-state index contributed by atoms with van der Waals surface area (Å²) >= 11 is 8.92. The lowest BCUT2D eigenvalue weighted by Crippen LogP contribution is -2.41. The highest BCUT2D eigenvalue weighted by Gasteiger charge is 2.19. The number of hydrogen-bond donors (Lipinski definition) is 2. The van der Waals surface area contributed by atoms with Gasteiger partial charge in [0.05, 0.1) is 21.8 Å². The number of halogens is 1. The molecule has 0 spiro atoms. The molecule has 8 heteroatoms. The zero-order valence-electron chi connectivity index (χ0n) is 19.9. The molecule has 3 aromatic rings. The number of ether oxygens (including phenoxy) is 1. The number of thiocarbonyl (C=S) groups is 1. The van der Waals surface area contributed by atoms with Gasteiger partial charge in [0.1, 0.15) is 5.75 Å². The lowest BCUT2D eigenvalue weighted by atomic mass is 10.1. The molecule has 0 aliphatic rings. The predicted octanol–water partition coefficient (Wildman–Crippen LogP) is 5.36. The number of nitrogens with one attached hydrogen (secondary N) is 2. The molecule has 3 rings (SSSR count). The Morgan fingerprint density at radius 2 is 1.69 bits per heavy atom. The normalized spacial score (nSPS) is 10.5. The van der Waals surface area contributed by atoms with Gasteiger partial charge in [-0.3, -0.25) is 14.9 Å². The number of carbonyl (C=O) groups excluding carboxylic acids is 2. The lowest BCUT2D eigenvalue weighted by molar-refractivity contribution is 0.0952. The van der Waals surface area contributed by atoms with Gasteiger partial charge in [0.15, 0.2) is 5.11 Å². The van der Waals surface area contributed by atoms with Gasteiger partial charge in [0.25, 0.3) is 11.8 Å². The Balaban J connectivity index is 1.65. The topological polar surface area (TPSA) is 70.7 Å². The molecule has 3 aromatic carbocycles. The minimum Gasteiger partial charge on any atom is -0.490 e. The van der Waals surface area contributed by atoms with E-state index in [1.807, 2.05) is 50.2 Å². The van der Waals surface area contributed by atoms with Gasteiger partial charge >= 0.3 is 0 Å². The fourth-order valence-electron chi connectivity index (χ4n) is 3.37. The summed E-state index contributed by atoms with van der Waals surface area (Å²) in [7, 11) is 1.72. The highest BCUT2D eigenvalue weighted by Crippen LogP contribution is 2.27. The molecule has 0 heterocycles. The van der Waals surface area contributed by atoms with Crippen LogP contribution < -0.4 is 20.3 Å². The van der Waals surface area contributed by atoms with Crippen LogP contribution in [0.1, 0.15) is 40.1 Å². The second-order valence-electron chi connectivity index (χ2n) is 8.14. The van der Waals surface area contributed by atoms with Crippen molar-refractivity contribution in [1.82, 2.24) is 10.6 Å². The first kappa shape index (κ1) is 26.4. The molecule has 0 aliphatic carbocycles. The quantitative estimate of drug-likeness (QED) is 0.367. The van der Waals surface area contributed by atoms with E-state index < -0.39 is 0 Å². The van der Waals surface area contributed by atoms with Crippen molar-refractivity contribution in [2.45, 2.75) is 26.4 Å². The van der Waals surface area contributed by atoms with Gasteiger partial charge in [0.2, 0.25) is 0 Å². The third-order valence-electron chi connectivity index (χ3n) is 5.13. The molecule has 0 aliphatic heterocycles. The second kappa shape index (κ2) is 12.5. The smallest absolute Gasteiger partial charge is 0.257 e. The summed E-state index contributed by atoms with van der Waals surface area (Å²) < 4.78 is 6.37. The molecule has 0 unspecified atom stereocenters. The highest BCUT2D eigenvalue weighted by atomic mass is 79.9. The number of benzene rings is 3. The number of amides is 2. The SMILES string of the molecule is CC(C)Oc1ccc(C(=O)NC(=S)N(C)c2ccccc2C(=O)NCCc2ccccc2)cc1Br. The number of carbonyl (C=O) groups is 2. The van der Waals surface area contributed by atoms with Crippen LogP contribution in [-0.4, -0.2) is 36.6 Å². The van der Waals surface area contributed by atoms with E-state index in [1.54, 1.807) is 48.3 Å². The fourth-order valence-corrected chi connectivity index (χ4v) is 4.04. The summed E-state index contributed by atoms with van der Waals surface area (Å²) in [6.45, 7) is 4.37. The Labute approximate surface area is 219 Å². The van der Waals surface area contributed by atoms with Crippen LogP contribution in [0.25, 0.3) is 0 Å². The standard InChI is InChI=1S/C27H28BrN3O3S/c1-18(2)34-24-14-13-20(17-22(24)28)25(32)30-27(35)31(3)23-12-8-7-11-21(23)26(33)29-16-15-19-9-5-4-6-10-19/h4-14,17-18H,15-16H2,1-3H3,(H,29,33)(H,30,32,35). The maximum Gasteiger partial charge on any atom is 0.257 e. The van der Waals surface area contributed by atoms with Crippen molar-refractivity contribution in [1.29, 1.82) is 0 Å². The Hall–Kier alpha value is -3.23. The molecule has 2 N–H and O–H groups in total. The molecule has 0 bridgehead atoms. The summed E-state index contributed by atoms with van der Waals surface area (Å²) in [5.41, 5.74) is 2.64. The van der Waals surface area contributed by atoms with E-state index in [2.05, 4.69) is 26.6 Å². The minimum atomic E-state index is -0.358. The van der Waals surface area contributed by atoms with E-state index in [0.29, 0.717) is 33.6 Å². The van der Waals surface area contributed by atoms with Crippen LogP contribution in [0, 0.1) is 0 Å². The van der Waals surface area contributed by atoms with Crippen molar-refractivity contribution in [2.24, 2.45) is 0 Å². The first-order chi connectivity index (χ1) is 16.8. The molecule has 0 saturated heterocycles. The van der Waals surface area contributed by atoms with E-state index in [0.717, 1.165) is 12.0 Å². The molecule has 0 saturated carbocycles. The van der Waals surface area contributed by atoms with Gasteiger partial charge in [-0.25, -0.2) is 0 Å². The third-order valence-corrected chi connectivity index (χ3v) is 6.13. The first-order valence-electron chi connectivity index (χ1n) is 11.2. The van der Waals surface area contributed by atoms with Gasteiger partial charge in [0, 0.05) is 19.2 Å². The average Bonchev–Trinajstić information content (AvgIpc) is 2.85. The molecule has 35 heavy (non-hydrogen) atoms. The van der Waals surface area contributed by atoms with Crippen LogP contribution in [-0.2, 0) is 6.42 Å². The predicted molar refractivity (Wildman–Crippen MR) is 147 cm³/mol. The monoisotopic (exact) mass is 553 g/mol. The highest BCUT2D eigenvalue weighted by molar-refractivity contribution is 9.10. The lowest BCUT2D eigenvalue weighted by Gasteiger charge is -2.23. The first-order valence-corrected chi connectivity index (χ1v) is 12.4. The van der Waals surface area contributed by atoms with Crippen LogP contribution in [0.4, 0.5) is 5.69 Å².